The van der Waals surface area contributed by atoms with Crippen molar-refractivity contribution in [3.63, 3.8) is 0 Å². The molecule has 0 N–H and O–H groups in total. The summed E-state index contributed by atoms with van der Waals surface area (Å²) < 4.78 is 28.3. The van der Waals surface area contributed by atoms with Crippen LogP contribution in [0, 0.1) is 0 Å². The molecule has 3 aromatic rings. The first-order valence-corrected chi connectivity index (χ1v) is 10.9. The normalized spacial score (nSPS) is 15.9. The van der Waals surface area contributed by atoms with Crippen LogP contribution in [-0.2, 0) is 13.1 Å². The molecule has 5 rings (SSSR count). The Morgan fingerprint density at radius 3 is 2.38 bits per heavy atom. The highest BCUT2D eigenvalue weighted by atomic mass is 16.5. The third kappa shape index (κ3) is 3.95. The van der Waals surface area contributed by atoms with E-state index in [4.69, 9.17) is 23.7 Å². The number of fused-ring (bicyclic) bond motifs is 3. The van der Waals surface area contributed by atoms with E-state index >= 15 is 0 Å². The number of carbonyl (C=O) groups is 1. The standard InChI is InChI=1S/C27H25NO6/c1-30-23-12-18(13-24(31-2)27(23)32-3)11-22-25(29)19-9-10-21-20(26(19)34-22)15-28(16-33-21)14-17-7-5-4-6-8-17/h4-13H,14-16H2,1-3H3/b22-11-. The fourth-order valence-corrected chi connectivity index (χ4v) is 4.28. The van der Waals surface area contributed by atoms with Gasteiger partial charge in [0.1, 0.15) is 18.2 Å². The van der Waals surface area contributed by atoms with Gasteiger partial charge < -0.3 is 23.7 Å². The van der Waals surface area contributed by atoms with Crippen LogP contribution >= 0.6 is 0 Å². The molecule has 0 saturated carbocycles. The minimum absolute atomic E-state index is 0.174. The first-order chi connectivity index (χ1) is 16.6. The van der Waals surface area contributed by atoms with Crippen LogP contribution in [0.25, 0.3) is 6.08 Å². The maximum atomic E-state index is 13.2. The van der Waals surface area contributed by atoms with Crippen molar-refractivity contribution in [2.45, 2.75) is 13.1 Å². The van der Waals surface area contributed by atoms with Gasteiger partial charge in [0.15, 0.2) is 17.3 Å². The minimum atomic E-state index is -0.174. The maximum Gasteiger partial charge on any atom is 0.231 e. The quantitative estimate of drug-likeness (QED) is 0.496. The monoisotopic (exact) mass is 459 g/mol. The second kappa shape index (κ2) is 9.11. The number of ketones is 1. The Morgan fingerprint density at radius 2 is 1.71 bits per heavy atom. The van der Waals surface area contributed by atoms with Crippen LogP contribution < -0.4 is 23.7 Å². The molecular weight excluding hydrogens is 434 g/mol. The third-order valence-electron chi connectivity index (χ3n) is 5.92. The molecular formula is C27H25NO6. The van der Waals surface area contributed by atoms with E-state index in [2.05, 4.69) is 17.0 Å². The topological polar surface area (TPSA) is 66.5 Å². The van der Waals surface area contributed by atoms with Gasteiger partial charge in [-0.1, -0.05) is 30.3 Å². The van der Waals surface area contributed by atoms with Gasteiger partial charge in [-0.05, 0) is 41.5 Å². The molecule has 2 aliphatic heterocycles. The van der Waals surface area contributed by atoms with Crippen molar-refractivity contribution in [1.82, 2.24) is 4.90 Å². The molecule has 0 spiro atoms. The summed E-state index contributed by atoms with van der Waals surface area (Å²) in [7, 11) is 4.65. The maximum absolute atomic E-state index is 13.2. The van der Waals surface area contributed by atoms with E-state index in [-0.39, 0.29) is 11.5 Å². The molecule has 2 heterocycles. The zero-order chi connectivity index (χ0) is 23.7. The predicted octanol–water partition coefficient (Wildman–Crippen LogP) is 4.68. The van der Waals surface area contributed by atoms with Gasteiger partial charge in [-0.25, -0.2) is 0 Å². The van der Waals surface area contributed by atoms with Crippen LogP contribution in [0.2, 0.25) is 0 Å². The smallest absolute Gasteiger partial charge is 0.231 e. The lowest BCUT2D eigenvalue weighted by molar-refractivity contribution is 0.0873. The Morgan fingerprint density at radius 1 is 0.971 bits per heavy atom. The second-order valence-electron chi connectivity index (χ2n) is 8.06. The summed E-state index contributed by atoms with van der Waals surface area (Å²) in [6.07, 6.45) is 1.69. The fraction of sp³-hybridized carbons (Fsp3) is 0.222. The van der Waals surface area contributed by atoms with Crippen molar-refractivity contribution in [3.05, 3.63) is 82.6 Å². The van der Waals surface area contributed by atoms with E-state index in [1.807, 2.05) is 24.3 Å². The van der Waals surface area contributed by atoms with E-state index in [9.17, 15) is 4.79 Å². The Bertz CT molecular complexity index is 1240. The number of nitrogens with zero attached hydrogens (tertiary/aromatic N) is 1. The SMILES string of the molecule is COc1cc(/C=C2\Oc3c(ccc4c3CN(Cc3ccccc3)CO4)C2=O)cc(OC)c1OC. The first kappa shape index (κ1) is 21.9. The molecule has 7 nitrogen and oxygen atoms in total. The summed E-state index contributed by atoms with van der Waals surface area (Å²) in [4.78, 5) is 15.3. The van der Waals surface area contributed by atoms with Gasteiger partial charge in [-0.2, -0.15) is 0 Å². The summed E-state index contributed by atoms with van der Waals surface area (Å²) >= 11 is 0. The highest BCUT2D eigenvalue weighted by molar-refractivity contribution is 6.15. The Hall–Kier alpha value is -3.97. The number of methoxy groups -OCH3 is 3. The highest BCUT2D eigenvalue weighted by Gasteiger charge is 2.33. The van der Waals surface area contributed by atoms with Gasteiger partial charge in [0.05, 0.1) is 32.5 Å². The second-order valence-corrected chi connectivity index (χ2v) is 8.06. The summed E-state index contributed by atoms with van der Waals surface area (Å²) in [6.45, 7) is 1.84. The molecule has 0 aromatic heterocycles. The number of carbonyl (C=O) groups excluding carboxylic acids is 1. The van der Waals surface area contributed by atoms with Gasteiger partial charge in [0.2, 0.25) is 11.5 Å². The van der Waals surface area contributed by atoms with Crippen LogP contribution in [0.4, 0.5) is 0 Å². The molecule has 7 heteroatoms. The molecule has 174 valence electrons. The van der Waals surface area contributed by atoms with Gasteiger partial charge in [0.25, 0.3) is 0 Å². The lowest BCUT2D eigenvalue weighted by Crippen LogP contribution is -2.31. The van der Waals surface area contributed by atoms with Crippen molar-refractivity contribution in [3.8, 4) is 28.7 Å². The average Bonchev–Trinajstić information content (AvgIpc) is 3.19. The van der Waals surface area contributed by atoms with Gasteiger partial charge in [-0.15, -0.1) is 0 Å². The molecule has 34 heavy (non-hydrogen) atoms. The van der Waals surface area contributed by atoms with Crippen molar-refractivity contribution in [1.29, 1.82) is 0 Å². The first-order valence-electron chi connectivity index (χ1n) is 10.9. The van der Waals surface area contributed by atoms with E-state index in [1.165, 1.54) is 5.56 Å². The largest absolute Gasteiger partial charge is 0.493 e. The predicted molar refractivity (Wildman–Crippen MR) is 127 cm³/mol. The summed E-state index contributed by atoms with van der Waals surface area (Å²) in [5.74, 6) is 2.84. The zero-order valence-corrected chi connectivity index (χ0v) is 19.3. The number of hydrogen-bond acceptors (Lipinski definition) is 7. The molecule has 0 atom stereocenters. The van der Waals surface area contributed by atoms with Crippen molar-refractivity contribution in [2.24, 2.45) is 0 Å². The van der Waals surface area contributed by atoms with Crippen LogP contribution in [-0.4, -0.2) is 38.7 Å². The summed E-state index contributed by atoms with van der Waals surface area (Å²) in [5, 5.41) is 0. The van der Waals surface area contributed by atoms with E-state index < -0.39 is 0 Å². The van der Waals surface area contributed by atoms with Crippen molar-refractivity contribution >= 4 is 11.9 Å². The van der Waals surface area contributed by atoms with E-state index in [0.29, 0.717) is 47.4 Å². The van der Waals surface area contributed by atoms with Crippen molar-refractivity contribution in [2.75, 3.05) is 28.1 Å². The molecule has 3 aromatic carbocycles. The van der Waals surface area contributed by atoms with Crippen molar-refractivity contribution < 1.29 is 28.5 Å². The van der Waals surface area contributed by atoms with E-state index in [0.717, 1.165) is 17.9 Å². The molecule has 0 saturated heterocycles. The molecule has 0 aliphatic carbocycles. The molecule has 0 fully saturated rings. The molecule has 2 aliphatic rings. The molecule has 0 unspecified atom stereocenters. The number of hydrogen-bond donors (Lipinski definition) is 0. The molecule has 0 bridgehead atoms. The third-order valence-corrected chi connectivity index (χ3v) is 5.92. The van der Waals surface area contributed by atoms with E-state index in [1.54, 1.807) is 45.6 Å². The van der Waals surface area contributed by atoms with Crippen LogP contribution in [0.1, 0.15) is 27.0 Å². The average molecular weight is 459 g/mol. The summed E-state index contributed by atoms with van der Waals surface area (Å²) in [6, 6.07) is 17.4. The number of Topliss-reactive ketones (excluding diaryl/α,β-unsaturated/α-hetero) is 1. The van der Waals surface area contributed by atoms with Crippen LogP contribution in [0.3, 0.4) is 0 Å². The lowest BCUT2D eigenvalue weighted by atomic mass is 10.0. The number of ether oxygens (including phenoxy) is 5. The van der Waals surface area contributed by atoms with Crippen LogP contribution in [0.5, 0.6) is 28.7 Å². The summed E-state index contributed by atoms with van der Waals surface area (Å²) in [5.41, 5.74) is 3.30. The van der Waals surface area contributed by atoms with Crippen LogP contribution in [0.15, 0.2) is 60.4 Å². The fourth-order valence-electron chi connectivity index (χ4n) is 4.28. The minimum Gasteiger partial charge on any atom is -0.493 e. The number of benzene rings is 3. The lowest BCUT2D eigenvalue weighted by Gasteiger charge is -2.29. The molecule has 0 amide bonds. The Kier molecular flexibility index (Phi) is 5.86. The van der Waals surface area contributed by atoms with Gasteiger partial charge in [-0.3, -0.25) is 9.69 Å². The Balaban J connectivity index is 1.45. The van der Waals surface area contributed by atoms with Gasteiger partial charge in [0, 0.05) is 13.1 Å². The molecule has 0 radical (unpaired) electrons. The number of rotatable bonds is 6. The number of allylic oxidation sites excluding steroid dienone is 1. The zero-order valence-electron chi connectivity index (χ0n) is 19.3. The highest BCUT2D eigenvalue weighted by Crippen LogP contribution is 2.43. The Labute approximate surface area is 198 Å². The van der Waals surface area contributed by atoms with Gasteiger partial charge >= 0.3 is 0 Å².